The molecule has 0 aromatic heterocycles. The zero-order valence-corrected chi connectivity index (χ0v) is 8.45. The molecule has 0 aliphatic rings. The standard InChI is InChI=1S/C12H14O2/c1-3-11(13)9(2)12(14)10-7-5-4-6-8-10/h4-8,14H,3H2,1-2H3/b12-9-. The maximum atomic E-state index is 11.3. The fraction of sp³-hybridized carbons (Fsp3) is 0.250. The molecule has 0 saturated carbocycles. The predicted molar refractivity (Wildman–Crippen MR) is 57.0 cm³/mol. The molecule has 0 unspecified atom stereocenters. The Hall–Kier alpha value is -1.57. The Labute approximate surface area is 83.9 Å². The van der Waals surface area contributed by atoms with E-state index in [9.17, 15) is 9.90 Å². The molecule has 0 amide bonds. The van der Waals surface area contributed by atoms with Crippen molar-refractivity contribution >= 4 is 11.5 Å². The lowest BCUT2D eigenvalue weighted by atomic mass is 10.1. The van der Waals surface area contributed by atoms with Gasteiger partial charge in [-0.3, -0.25) is 4.79 Å². The first-order valence-electron chi connectivity index (χ1n) is 4.65. The van der Waals surface area contributed by atoms with Crippen LogP contribution in [0.5, 0.6) is 0 Å². The third-order valence-corrected chi connectivity index (χ3v) is 2.14. The first-order valence-corrected chi connectivity index (χ1v) is 4.65. The number of aliphatic hydroxyl groups excluding tert-OH is 1. The summed E-state index contributed by atoms with van der Waals surface area (Å²) in [6, 6.07) is 9.09. The van der Waals surface area contributed by atoms with Gasteiger partial charge in [-0.2, -0.15) is 0 Å². The van der Waals surface area contributed by atoms with Crippen LogP contribution in [0.4, 0.5) is 0 Å². The van der Waals surface area contributed by atoms with Crippen LogP contribution in [0.25, 0.3) is 5.76 Å². The third kappa shape index (κ3) is 2.22. The number of hydrogen-bond acceptors (Lipinski definition) is 2. The number of carbonyl (C=O) groups is 1. The zero-order valence-electron chi connectivity index (χ0n) is 8.45. The summed E-state index contributed by atoms with van der Waals surface area (Å²) in [7, 11) is 0. The van der Waals surface area contributed by atoms with Crippen LogP contribution in [0, 0.1) is 0 Å². The number of hydrogen-bond donors (Lipinski definition) is 1. The van der Waals surface area contributed by atoms with Gasteiger partial charge in [0.2, 0.25) is 0 Å². The van der Waals surface area contributed by atoms with Crippen LogP contribution in [0.1, 0.15) is 25.8 Å². The second kappa shape index (κ2) is 4.61. The van der Waals surface area contributed by atoms with Gasteiger partial charge in [0.1, 0.15) is 5.76 Å². The van der Waals surface area contributed by atoms with Gasteiger partial charge in [0.05, 0.1) is 0 Å². The molecule has 1 aromatic carbocycles. The largest absolute Gasteiger partial charge is 0.507 e. The molecular weight excluding hydrogens is 176 g/mol. The summed E-state index contributed by atoms with van der Waals surface area (Å²) in [6.07, 6.45) is 0.419. The fourth-order valence-electron chi connectivity index (χ4n) is 1.21. The van der Waals surface area contributed by atoms with Crippen LogP contribution >= 0.6 is 0 Å². The van der Waals surface area contributed by atoms with Gasteiger partial charge in [0, 0.05) is 17.6 Å². The quantitative estimate of drug-likeness (QED) is 0.587. The molecule has 0 spiro atoms. The number of ketones is 1. The van der Waals surface area contributed by atoms with Crippen molar-refractivity contribution in [1.29, 1.82) is 0 Å². The Morgan fingerprint density at radius 2 is 1.86 bits per heavy atom. The molecule has 0 fully saturated rings. The molecule has 0 aliphatic heterocycles. The van der Waals surface area contributed by atoms with Crippen LogP contribution in [-0.4, -0.2) is 10.9 Å². The summed E-state index contributed by atoms with van der Waals surface area (Å²) in [5.41, 5.74) is 1.12. The SMILES string of the molecule is CCC(=O)/C(C)=C(\O)c1ccccc1. The van der Waals surface area contributed by atoms with Gasteiger partial charge in [-0.05, 0) is 6.92 Å². The summed E-state index contributed by atoms with van der Waals surface area (Å²) < 4.78 is 0. The van der Waals surface area contributed by atoms with Crippen molar-refractivity contribution in [2.75, 3.05) is 0 Å². The van der Waals surface area contributed by atoms with Gasteiger partial charge in [-0.15, -0.1) is 0 Å². The molecule has 1 aromatic rings. The lowest BCUT2D eigenvalue weighted by molar-refractivity contribution is -0.115. The first kappa shape index (κ1) is 10.5. The van der Waals surface area contributed by atoms with Crippen LogP contribution in [0.2, 0.25) is 0 Å². The molecule has 0 heterocycles. The highest BCUT2D eigenvalue weighted by Gasteiger charge is 2.08. The Balaban J connectivity index is 3.05. The van der Waals surface area contributed by atoms with E-state index < -0.39 is 0 Å². The number of allylic oxidation sites excluding steroid dienone is 1. The second-order valence-corrected chi connectivity index (χ2v) is 3.12. The lowest BCUT2D eigenvalue weighted by Gasteiger charge is -2.04. The highest BCUT2D eigenvalue weighted by atomic mass is 16.3. The van der Waals surface area contributed by atoms with Gasteiger partial charge in [0.25, 0.3) is 0 Å². The van der Waals surface area contributed by atoms with Gasteiger partial charge >= 0.3 is 0 Å². The lowest BCUT2D eigenvalue weighted by Crippen LogP contribution is -2.00. The summed E-state index contributed by atoms with van der Waals surface area (Å²) in [5, 5.41) is 9.75. The third-order valence-electron chi connectivity index (χ3n) is 2.14. The molecule has 0 saturated heterocycles. The normalized spacial score (nSPS) is 12.1. The first-order chi connectivity index (χ1) is 6.66. The molecule has 2 heteroatoms. The van der Waals surface area contributed by atoms with Crippen molar-refractivity contribution in [1.82, 2.24) is 0 Å². The maximum Gasteiger partial charge on any atom is 0.162 e. The Morgan fingerprint density at radius 1 is 1.29 bits per heavy atom. The van der Waals surface area contributed by atoms with Crippen molar-refractivity contribution in [2.45, 2.75) is 20.3 Å². The monoisotopic (exact) mass is 190 g/mol. The van der Waals surface area contributed by atoms with E-state index in [-0.39, 0.29) is 11.5 Å². The summed E-state index contributed by atoms with van der Waals surface area (Å²) in [6.45, 7) is 3.43. The predicted octanol–water partition coefficient (Wildman–Crippen LogP) is 2.95. The summed E-state index contributed by atoms with van der Waals surface area (Å²) >= 11 is 0. The van der Waals surface area contributed by atoms with E-state index in [1.807, 2.05) is 18.2 Å². The van der Waals surface area contributed by atoms with Crippen molar-refractivity contribution in [2.24, 2.45) is 0 Å². The molecule has 74 valence electrons. The minimum Gasteiger partial charge on any atom is -0.507 e. The van der Waals surface area contributed by atoms with E-state index >= 15 is 0 Å². The maximum absolute atomic E-state index is 11.3. The molecule has 1 rings (SSSR count). The van der Waals surface area contributed by atoms with E-state index in [4.69, 9.17) is 0 Å². The van der Waals surface area contributed by atoms with Crippen molar-refractivity contribution in [3.63, 3.8) is 0 Å². The Morgan fingerprint density at radius 3 is 2.36 bits per heavy atom. The number of rotatable bonds is 3. The van der Waals surface area contributed by atoms with Gasteiger partial charge < -0.3 is 5.11 Å². The average molecular weight is 190 g/mol. The fourth-order valence-corrected chi connectivity index (χ4v) is 1.21. The van der Waals surface area contributed by atoms with Gasteiger partial charge in [0.15, 0.2) is 5.78 Å². The van der Waals surface area contributed by atoms with Gasteiger partial charge in [-0.25, -0.2) is 0 Å². The topological polar surface area (TPSA) is 37.3 Å². The van der Waals surface area contributed by atoms with E-state index in [0.717, 1.165) is 0 Å². The van der Waals surface area contributed by atoms with Crippen LogP contribution in [0.15, 0.2) is 35.9 Å². The molecule has 0 bridgehead atoms. The number of aliphatic hydroxyl groups is 1. The molecule has 0 atom stereocenters. The van der Waals surface area contributed by atoms with E-state index in [2.05, 4.69) is 0 Å². The summed E-state index contributed by atoms with van der Waals surface area (Å²) in [5.74, 6) is 0.0591. The van der Waals surface area contributed by atoms with E-state index in [1.165, 1.54) is 0 Å². The van der Waals surface area contributed by atoms with Crippen molar-refractivity contribution in [3.05, 3.63) is 41.5 Å². The average Bonchev–Trinajstić information content (AvgIpc) is 2.27. The van der Waals surface area contributed by atoms with Crippen LogP contribution in [-0.2, 0) is 4.79 Å². The number of benzene rings is 1. The van der Waals surface area contributed by atoms with Gasteiger partial charge in [-0.1, -0.05) is 37.3 Å². The highest BCUT2D eigenvalue weighted by molar-refractivity contribution is 6.00. The minimum atomic E-state index is -0.0219. The number of carbonyl (C=O) groups excluding carboxylic acids is 1. The zero-order chi connectivity index (χ0) is 10.6. The Bertz CT molecular complexity index is 350. The van der Waals surface area contributed by atoms with Crippen molar-refractivity contribution in [3.8, 4) is 0 Å². The molecule has 2 nitrogen and oxygen atoms in total. The second-order valence-electron chi connectivity index (χ2n) is 3.12. The van der Waals surface area contributed by atoms with E-state index in [1.54, 1.807) is 26.0 Å². The number of Topliss-reactive ketones (excluding diaryl/α,β-unsaturated/α-hetero) is 1. The van der Waals surface area contributed by atoms with Crippen LogP contribution < -0.4 is 0 Å². The summed E-state index contributed by atoms with van der Waals surface area (Å²) in [4.78, 5) is 11.3. The molecular formula is C12H14O2. The van der Waals surface area contributed by atoms with Crippen molar-refractivity contribution < 1.29 is 9.90 Å². The minimum absolute atomic E-state index is 0.0219. The molecule has 14 heavy (non-hydrogen) atoms. The van der Waals surface area contributed by atoms with Crippen LogP contribution in [0.3, 0.4) is 0 Å². The molecule has 0 aliphatic carbocycles. The van der Waals surface area contributed by atoms with E-state index in [0.29, 0.717) is 17.6 Å². The Kier molecular flexibility index (Phi) is 3.46. The highest BCUT2D eigenvalue weighted by Crippen LogP contribution is 2.16. The molecule has 1 N–H and O–H groups in total. The smallest absolute Gasteiger partial charge is 0.162 e. The molecule has 0 radical (unpaired) electrons.